The van der Waals surface area contributed by atoms with Gasteiger partial charge in [0.05, 0.1) is 17.6 Å². The molecule has 0 fully saturated rings. The molecule has 0 bridgehead atoms. The topological polar surface area (TPSA) is 46.2 Å². The Kier molecular flexibility index (Phi) is 6.97. The minimum absolute atomic E-state index is 0.00371. The number of fused-ring (bicyclic) bond motifs is 13. The molecule has 6 aromatic rings. The minimum atomic E-state index is -0.551. The van der Waals surface area contributed by atoms with Crippen LogP contribution in [0.5, 0.6) is 23.0 Å². The molecule has 46 heavy (non-hydrogen) atoms. The van der Waals surface area contributed by atoms with E-state index in [-0.39, 0.29) is 12.2 Å². The first kappa shape index (κ1) is 28.6. The third-order valence-electron chi connectivity index (χ3n) is 9.62. The van der Waals surface area contributed by atoms with Crippen molar-refractivity contribution in [2.75, 3.05) is 27.4 Å². The molecule has 1 spiro atoms. The summed E-state index contributed by atoms with van der Waals surface area (Å²) in [5.74, 6) is 3.35. The number of ether oxygens (including phenoxy) is 5. The molecule has 1 aliphatic carbocycles. The standard InChI is InChI=1S/C41H36O5/c1-25(42-3)23-44-29-15-17-31-27(21-29)13-19-37-39(31)46-40-32-18-16-30(45-24-26(2)43-4)22-28(32)14-20-38(40)41(37)35-11-7-5-9-33(35)34-10-6-8-12-36(34)41/h5-22,25-26H,23-24H2,1-4H3. The van der Waals surface area contributed by atoms with Crippen LogP contribution in [0.2, 0.25) is 0 Å². The Morgan fingerprint density at radius 1 is 0.543 bits per heavy atom. The third-order valence-corrected chi connectivity index (χ3v) is 9.62. The second kappa shape index (κ2) is 11.2. The highest BCUT2D eigenvalue weighted by atomic mass is 16.5. The zero-order valence-electron chi connectivity index (χ0n) is 26.5. The molecule has 230 valence electrons. The molecule has 6 aromatic carbocycles. The van der Waals surface area contributed by atoms with Gasteiger partial charge in [-0.2, -0.15) is 0 Å². The molecule has 0 saturated heterocycles. The normalized spacial score (nSPS) is 15.0. The lowest BCUT2D eigenvalue weighted by Crippen LogP contribution is -2.32. The molecule has 0 saturated carbocycles. The number of benzene rings is 6. The fourth-order valence-electron chi connectivity index (χ4n) is 7.17. The zero-order chi connectivity index (χ0) is 31.4. The fraction of sp³-hybridized carbons (Fsp3) is 0.220. The SMILES string of the molecule is COC(C)COc1ccc2c3c(ccc2c1)C1(c2ccccc2-c2ccccc21)c1ccc2cc(OCC(C)OC)ccc2c1O3. The summed E-state index contributed by atoms with van der Waals surface area (Å²) in [4.78, 5) is 0. The van der Waals surface area contributed by atoms with Crippen molar-refractivity contribution in [2.45, 2.75) is 31.5 Å². The number of hydrogen-bond acceptors (Lipinski definition) is 5. The summed E-state index contributed by atoms with van der Waals surface area (Å²) in [6.07, 6.45) is 0.00741. The van der Waals surface area contributed by atoms with Crippen LogP contribution < -0.4 is 14.2 Å². The second-order valence-corrected chi connectivity index (χ2v) is 12.3. The molecular formula is C41H36O5. The van der Waals surface area contributed by atoms with Crippen LogP contribution in [0.4, 0.5) is 0 Å². The van der Waals surface area contributed by atoms with E-state index >= 15 is 0 Å². The van der Waals surface area contributed by atoms with E-state index in [0.29, 0.717) is 13.2 Å². The van der Waals surface area contributed by atoms with E-state index in [1.54, 1.807) is 14.2 Å². The first-order valence-corrected chi connectivity index (χ1v) is 15.9. The summed E-state index contributed by atoms with van der Waals surface area (Å²) in [7, 11) is 3.40. The van der Waals surface area contributed by atoms with E-state index in [2.05, 4.69) is 97.1 Å². The summed E-state index contributed by atoms with van der Waals surface area (Å²) in [5.41, 5.74) is 6.77. The van der Waals surface area contributed by atoms with Crippen molar-refractivity contribution in [1.82, 2.24) is 0 Å². The van der Waals surface area contributed by atoms with Gasteiger partial charge in [0.1, 0.15) is 36.2 Å². The van der Waals surface area contributed by atoms with Crippen LogP contribution in [0.25, 0.3) is 32.7 Å². The van der Waals surface area contributed by atoms with Gasteiger partial charge >= 0.3 is 0 Å². The Hall–Kier alpha value is -4.84. The maximum atomic E-state index is 7.11. The van der Waals surface area contributed by atoms with E-state index in [4.69, 9.17) is 23.7 Å². The Morgan fingerprint density at radius 3 is 1.46 bits per heavy atom. The Morgan fingerprint density at radius 2 is 1.00 bits per heavy atom. The number of hydrogen-bond donors (Lipinski definition) is 0. The van der Waals surface area contributed by atoms with Crippen LogP contribution in [-0.2, 0) is 14.9 Å². The van der Waals surface area contributed by atoms with E-state index < -0.39 is 5.41 Å². The molecule has 5 nitrogen and oxygen atoms in total. The highest BCUT2D eigenvalue weighted by molar-refractivity contribution is 6.00. The summed E-state index contributed by atoms with van der Waals surface area (Å²) in [5, 5.41) is 4.20. The van der Waals surface area contributed by atoms with Crippen molar-refractivity contribution in [3.8, 4) is 34.1 Å². The average Bonchev–Trinajstić information content (AvgIpc) is 3.39. The first-order chi connectivity index (χ1) is 22.5. The van der Waals surface area contributed by atoms with Crippen LogP contribution in [0.15, 0.2) is 109 Å². The van der Waals surface area contributed by atoms with Crippen molar-refractivity contribution < 1.29 is 23.7 Å². The van der Waals surface area contributed by atoms with Gasteiger partial charge < -0.3 is 23.7 Å². The van der Waals surface area contributed by atoms with Crippen LogP contribution in [0.1, 0.15) is 36.1 Å². The summed E-state index contributed by atoms with van der Waals surface area (Å²) >= 11 is 0. The maximum Gasteiger partial charge on any atom is 0.140 e. The predicted molar refractivity (Wildman–Crippen MR) is 183 cm³/mol. The molecule has 0 aromatic heterocycles. The largest absolute Gasteiger partial charge is 0.491 e. The first-order valence-electron chi connectivity index (χ1n) is 15.9. The predicted octanol–water partition coefficient (Wildman–Crippen LogP) is 9.29. The Balaban J connectivity index is 1.37. The molecule has 1 heterocycles. The maximum absolute atomic E-state index is 7.11. The fourth-order valence-corrected chi connectivity index (χ4v) is 7.17. The minimum Gasteiger partial charge on any atom is -0.491 e. The van der Waals surface area contributed by atoms with Crippen LogP contribution >= 0.6 is 0 Å². The van der Waals surface area contributed by atoms with Crippen LogP contribution in [-0.4, -0.2) is 39.6 Å². The summed E-state index contributed by atoms with van der Waals surface area (Å²) in [6.45, 7) is 4.96. The molecule has 0 N–H and O–H groups in total. The van der Waals surface area contributed by atoms with Gasteiger partial charge in [0.25, 0.3) is 0 Å². The van der Waals surface area contributed by atoms with E-state index in [1.807, 2.05) is 26.0 Å². The lowest BCUT2D eigenvalue weighted by Gasteiger charge is -2.40. The van der Waals surface area contributed by atoms with Gasteiger partial charge in [-0.1, -0.05) is 72.8 Å². The zero-order valence-corrected chi connectivity index (χ0v) is 26.5. The molecule has 5 heteroatoms. The third kappa shape index (κ3) is 4.30. The molecule has 0 radical (unpaired) electrons. The van der Waals surface area contributed by atoms with Crippen molar-refractivity contribution in [3.63, 3.8) is 0 Å². The van der Waals surface area contributed by atoms with Crippen molar-refractivity contribution in [2.24, 2.45) is 0 Å². The van der Waals surface area contributed by atoms with Crippen molar-refractivity contribution in [3.05, 3.63) is 131 Å². The highest BCUT2D eigenvalue weighted by Gasteiger charge is 2.51. The quantitative estimate of drug-likeness (QED) is 0.172. The molecule has 8 rings (SSSR count). The smallest absolute Gasteiger partial charge is 0.140 e. The van der Waals surface area contributed by atoms with Gasteiger partial charge in [-0.3, -0.25) is 0 Å². The monoisotopic (exact) mass is 608 g/mol. The highest BCUT2D eigenvalue weighted by Crippen LogP contribution is 2.63. The summed E-state index contributed by atoms with van der Waals surface area (Å²) < 4.78 is 30.0. The van der Waals surface area contributed by atoms with E-state index in [1.165, 1.54) is 22.3 Å². The second-order valence-electron chi connectivity index (χ2n) is 12.3. The molecule has 2 aliphatic rings. The average molecular weight is 609 g/mol. The molecular weight excluding hydrogens is 572 g/mol. The van der Waals surface area contributed by atoms with Crippen molar-refractivity contribution in [1.29, 1.82) is 0 Å². The lowest BCUT2D eigenvalue weighted by atomic mass is 9.65. The van der Waals surface area contributed by atoms with Gasteiger partial charge in [0.2, 0.25) is 0 Å². The van der Waals surface area contributed by atoms with Crippen LogP contribution in [0, 0.1) is 0 Å². The van der Waals surface area contributed by atoms with Crippen LogP contribution in [0.3, 0.4) is 0 Å². The van der Waals surface area contributed by atoms with E-state index in [9.17, 15) is 0 Å². The van der Waals surface area contributed by atoms with Gasteiger partial charge in [0, 0.05) is 36.1 Å². The molecule has 2 atom stereocenters. The molecule has 1 aliphatic heterocycles. The van der Waals surface area contributed by atoms with Gasteiger partial charge in [-0.15, -0.1) is 0 Å². The molecule has 2 unspecified atom stereocenters. The van der Waals surface area contributed by atoms with E-state index in [0.717, 1.165) is 55.7 Å². The Labute approximate surface area is 269 Å². The Bertz CT molecular complexity index is 1960. The van der Waals surface area contributed by atoms with Gasteiger partial charge in [0.15, 0.2) is 0 Å². The number of methoxy groups -OCH3 is 2. The van der Waals surface area contributed by atoms with Crippen molar-refractivity contribution >= 4 is 21.5 Å². The van der Waals surface area contributed by atoms with Gasteiger partial charge in [-0.05, 0) is 83.3 Å². The number of rotatable bonds is 8. The van der Waals surface area contributed by atoms with Gasteiger partial charge in [-0.25, -0.2) is 0 Å². The lowest BCUT2D eigenvalue weighted by molar-refractivity contribution is 0.0717. The summed E-state index contributed by atoms with van der Waals surface area (Å²) in [6, 6.07) is 39.0. The molecule has 0 amide bonds.